The van der Waals surface area contributed by atoms with Crippen molar-refractivity contribution in [1.82, 2.24) is 0 Å². The first-order chi connectivity index (χ1) is 39.0. The third-order valence-electron chi connectivity index (χ3n) is 12.7. The molecule has 0 saturated carbocycles. The third-order valence-corrected chi connectivity index (χ3v) is 12.7. The molecule has 0 fully saturated rings. The summed E-state index contributed by atoms with van der Waals surface area (Å²) in [5, 5.41) is 0. The highest BCUT2D eigenvalue weighted by Gasteiger charge is 2.19. The second-order valence-corrected chi connectivity index (χ2v) is 20.2. The van der Waals surface area contributed by atoms with Crippen LogP contribution in [0.25, 0.3) is 0 Å². The quantitative estimate of drug-likeness (QED) is 0.0261. The lowest BCUT2D eigenvalue weighted by molar-refractivity contribution is -0.166. The molecule has 0 aromatic rings. The first-order valence-corrected chi connectivity index (χ1v) is 31.6. The van der Waals surface area contributed by atoms with E-state index in [-0.39, 0.29) is 37.5 Å². The second-order valence-electron chi connectivity index (χ2n) is 20.2. The second kappa shape index (κ2) is 65.3. The Hall–Kier alpha value is -5.23. The van der Waals surface area contributed by atoms with Gasteiger partial charge in [-0.05, 0) is 141 Å². The number of hydrogen-bond donors (Lipinski definition) is 0. The Balaban J connectivity index is 4.45. The summed E-state index contributed by atoms with van der Waals surface area (Å²) in [5.41, 5.74) is 0. The fourth-order valence-corrected chi connectivity index (χ4v) is 8.03. The maximum Gasteiger partial charge on any atom is 0.306 e. The molecule has 0 aromatic heterocycles. The minimum absolute atomic E-state index is 0.127. The lowest BCUT2D eigenvalue weighted by Gasteiger charge is -2.18. The third kappa shape index (κ3) is 63.5. The number of allylic oxidation sites excluding steroid dienone is 28. The van der Waals surface area contributed by atoms with E-state index in [1.165, 1.54) is 77.0 Å². The highest BCUT2D eigenvalue weighted by atomic mass is 16.6. The molecule has 6 nitrogen and oxygen atoms in total. The van der Waals surface area contributed by atoms with Gasteiger partial charge in [0.05, 0.1) is 0 Å². The Labute approximate surface area is 485 Å². The molecule has 1 unspecified atom stereocenters. The molecule has 0 radical (unpaired) electrons. The van der Waals surface area contributed by atoms with Crippen LogP contribution < -0.4 is 0 Å². The maximum absolute atomic E-state index is 12.9. The van der Waals surface area contributed by atoms with Crippen molar-refractivity contribution in [2.45, 2.75) is 258 Å². The van der Waals surface area contributed by atoms with Crippen molar-refractivity contribution in [2.75, 3.05) is 13.2 Å². The molecular formula is C73H114O6. The molecule has 6 heteroatoms. The number of carbonyl (C=O) groups excluding carboxylic acids is 3. The van der Waals surface area contributed by atoms with Crippen molar-refractivity contribution < 1.29 is 28.6 Å². The summed E-state index contributed by atoms with van der Waals surface area (Å²) in [6.45, 7) is 6.30. The number of rotatable bonds is 55. The molecule has 0 aromatic carbocycles. The van der Waals surface area contributed by atoms with Gasteiger partial charge in [0.15, 0.2) is 6.10 Å². The molecule has 0 amide bonds. The summed E-state index contributed by atoms with van der Waals surface area (Å²) in [6.07, 6.45) is 96.6. The Morgan fingerprint density at radius 3 is 0.873 bits per heavy atom. The average Bonchev–Trinajstić information content (AvgIpc) is 3.45. The van der Waals surface area contributed by atoms with Gasteiger partial charge in [0.2, 0.25) is 0 Å². The minimum atomic E-state index is -0.832. The highest BCUT2D eigenvalue weighted by Crippen LogP contribution is 2.13. The molecule has 0 aliphatic heterocycles. The van der Waals surface area contributed by atoms with Crippen molar-refractivity contribution >= 4 is 17.9 Å². The van der Waals surface area contributed by atoms with E-state index in [0.717, 1.165) is 128 Å². The standard InChI is InChI=1S/C73H114O6/c1-4-7-10-13-16-19-22-25-27-29-30-31-32-33-34-35-36-37-38-39-40-41-42-44-45-48-51-54-57-60-63-66-72(75)78-69-70(68-77-71(74)65-62-59-56-53-50-47-24-21-18-15-12-9-6-3)79-73(76)67-64-61-58-55-52-49-46-43-28-26-23-20-17-14-11-8-5-2/h7,9-10,12,16,18-19,21,25-28,30-31,33-34,36-37,39-40,42,44,47-48,50-51,56,59,70H,4-6,8,11,13-15,17,20,22-24,29,32,35,38,41,43,45-46,49,52-55,57-58,60-69H2,1-3H3/b10-7-,12-9-,19-16-,21-18-,27-25-,28-26-,31-30-,34-33-,37-36-,40-39-,44-42-,50-47-,51-48-,59-56-. The van der Waals surface area contributed by atoms with Gasteiger partial charge in [-0.2, -0.15) is 0 Å². The van der Waals surface area contributed by atoms with Gasteiger partial charge in [-0.25, -0.2) is 0 Å². The van der Waals surface area contributed by atoms with Gasteiger partial charge < -0.3 is 14.2 Å². The molecule has 0 aliphatic carbocycles. The molecule has 0 aliphatic rings. The number of unbranched alkanes of at least 4 members (excludes halogenated alkanes) is 16. The molecule has 0 spiro atoms. The van der Waals surface area contributed by atoms with Crippen LogP contribution in [0.3, 0.4) is 0 Å². The number of carbonyl (C=O) groups is 3. The molecule has 0 heterocycles. The van der Waals surface area contributed by atoms with Crippen LogP contribution in [-0.2, 0) is 28.6 Å². The molecular weight excluding hydrogens is 973 g/mol. The topological polar surface area (TPSA) is 78.9 Å². The van der Waals surface area contributed by atoms with Crippen molar-refractivity contribution in [2.24, 2.45) is 0 Å². The van der Waals surface area contributed by atoms with Crippen LogP contribution in [0.2, 0.25) is 0 Å². The summed E-state index contributed by atoms with van der Waals surface area (Å²) < 4.78 is 16.8. The number of esters is 3. The Bertz CT molecular complexity index is 1820. The molecule has 442 valence electrons. The van der Waals surface area contributed by atoms with Gasteiger partial charge in [-0.3, -0.25) is 14.4 Å². The van der Waals surface area contributed by atoms with Gasteiger partial charge in [0, 0.05) is 19.3 Å². The van der Waals surface area contributed by atoms with Crippen LogP contribution >= 0.6 is 0 Å². The zero-order valence-electron chi connectivity index (χ0n) is 50.6. The predicted octanol–water partition coefficient (Wildman–Crippen LogP) is 21.9. The van der Waals surface area contributed by atoms with Crippen molar-refractivity contribution in [3.63, 3.8) is 0 Å². The summed E-state index contributed by atoms with van der Waals surface area (Å²) in [7, 11) is 0. The molecule has 0 saturated heterocycles. The van der Waals surface area contributed by atoms with Gasteiger partial charge in [-0.15, -0.1) is 0 Å². The van der Waals surface area contributed by atoms with E-state index >= 15 is 0 Å². The fourth-order valence-electron chi connectivity index (χ4n) is 8.03. The van der Waals surface area contributed by atoms with E-state index in [1.807, 2.05) is 12.2 Å². The smallest absolute Gasteiger partial charge is 0.306 e. The zero-order valence-corrected chi connectivity index (χ0v) is 50.6. The predicted molar refractivity (Wildman–Crippen MR) is 343 cm³/mol. The first-order valence-electron chi connectivity index (χ1n) is 31.6. The van der Waals surface area contributed by atoms with Gasteiger partial charge in [0.1, 0.15) is 13.2 Å². The van der Waals surface area contributed by atoms with E-state index in [2.05, 4.69) is 179 Å². The average molecular weight is 1090 g/mol. The first kappa shape index (κ1) is 73.8. The Morgan fingerprint density at radius 1 is 0.266 bits per heavy atom. The minimum Gasteiger partial charge on any atom is -0.462 e. The van der Waals surface area contributed by atoms with Crippen molar-refractivity contribution in [1.29, 1.82) is 0 Å². The van der Waals surface area contributed by atoms with E-state index in [9.17, 15) is 14.4 Å². The summed E-state index contributed by atoms with van der Waals surface area (Å²) in [4.78, 5) is 38.2. The Kier molecular flexibility index (Phi) is 61.0. The van der Waals surface area contributed by atoms with Crippen LogP contribution in [0.4, 0.5) is 0 Å². The highest BCUT2D eigenvalue weighted by molar-refractivity contribution is 5.71. The van der Waals surface area contributed by atoms with Crippen molar-refractivity contribution in [3.8, 4) is 0 Å². The molecule has 0 bridgehead atoms. The monoisotopic (exact) mass is 1090 g/mol. The van der Waals surface area contributed by atoms with E-state index < -0.39 is 6.10 Å². The van der Waals surface area contributed by atoms with E-state index in [4.69, 9.17) is 14.2 Å². The maximum atomic E-state index is 12.9. The van der Waals surface area contributed by atoms with E-state index in [1.54, 1.807) is 0 Å². The van der Waals surface area contributed by atoms with Crippen molar-refractivity contribution in [3.05, 3.63) is 170 Å². The van der Waals surface area contributed by atoms with Gasteiger partial charge in [0.25, 0.3) is 0 Å². The SMILES string of the molecule is CC/C=C\C/C=C\C/C=C\C/C=C\C/C=C\C/C=C\C/C=C\C/C=C\C/C=C\CCCCCC(=O)OCC(COC(=O)CC/C=C\C/C=C\C/C=C\C/C=C\CC)OC(=O)CCCCCCCCC/C=C\CCCCCCCC. The Morgan fingerprint density at radius 2 is 0.519 bits per heavy atom. The van der Waals surface area contributed by atoms with Gasteiger partial charge in [-0.1, -0.05) is 262 Å². The molecule has 0 N–H and O–H groups in total. The normalized spacial score (nSPS) is 13.3. The lowest BCUT2D eigenvalue weighted by atomic mass is 10.1. The lowest BCUT2D eigenvalue weighted by Crippen LogP contribution is -2.30. The molecule has 79 heavy (non-hydrogen) atoms. The van der Waals surface area contributed by atoms with Crippen LogP contribution in [0.15, 0.2) is 170 Å². The summed E-state index contributed by atoms with van der Waals surface area (Å²) in [6, 6.07) is 0. The largest absolute Gasteiger partial charge is 0.462 e. The van der Waals surface area contributed by atoms with Crippen LogP contribution in [0.5, 0.6) is 0 Å². The van der Waals surface area contributed by atoms with Gasteiger partial charge >= 0.3 is 17.9 Å². The molecule has 0 rings (SSSR count). The number of hydrogen-bond acceptors (Lipinski definition) is 6. The number of ether oxygens (including phenoxy) is 3. The zero-order chi connectivity index (χ0) is 57.1. The molecule has 1 atom stereocenters. The van der Waals surface area contributed by atoms with Crippen LogP contribution in [0, 0.1) is 0 Å². The van der Waals surface area contributed by atoms with Crippen LogP contribution in [0.1, 0.15) is 252 Å². The summed E-state index contributed by atoms with van der Waals surface area (Å²) >= 11 is 0. The summed E-state index contributed by atoms with van der Waals surface area (Å²) in [5.74, 6) is -1.05. The fraction of sp³-hybridized carbons (Fsp3) is 0.575. The van der Waals surface area contributed by atoms with E-state index in [0.29, 0.717) is 19.3 Å². The van der Waals surface area contributed by atoms with Crippen LogP contribution in [-0.4, -0.2) is 37.2 Å².